The van der Waals surface area contributed by atoms with Crippen LogP contribution in [0.3, 0.4) is 0 Å². The Labute approximate surface area is 196 Å². The third-order valence-electron chi connectivity index (χ3n) is 6.92. The molecule has 3 aromatic rings. The molecule has 2 bridgehead atoms. The van der Waals surface area contributed by atoms with E-state index in [-0.39, 0.29) is 29.6 Å². The maximum Gasteiger partial charge on any atom is 0.411 e. The standard InChI is InChI=1S/C26H24N2O6/c1-26-19-10-6-4-8-16(19)12-22(18-9-5-7-11-20(18)26)27(26)25(29)34-15-17-13-23(32-2)24(33-3)14-21(17)28(30)31/h4-11,13-14,22H,12,15H2,1-3H3. The van der Waals surface area contributed by atoms with Gasteiger partial charge in [-0.1, -0.05) is 48.5 Å². The van der Waals surface area contributed by atoms with E-state index >= 15 is 0 Å². The third kappa shape index (κ3) is 3.09. The van der Waals surface area contributed by atoms with Gasteiger partial charge in [-0.05, 0) is 41.7 Å². The molecule has 2 aliphatic heterocycles. The molecule has 8 heteroatoms. The molecule has 0 N–H and O–H groups in total. The predicted octanol–water partition coefficient (Wildman–Crippen LogP) is 5.13. The predicted molar refractivity (Wildman–Crippen MR) is 124 cm³/mol. The first-order valence-corrected chi connectivity index (χ1v) is 10.9. The van der Waals surface area contributed by atoms with Crippen LogP contribution in [0.15, 0.2) is 60.7 Å². The number of rotatable bonds is 5. The van der Waals surface area contributed by atoms with Gasteiger partial charge in [-0.3, -0.25) is 15.0 Å². The molecule has 1 amide bonds. The molecule has 2 unspecified atom stereocenters. The van der Waals surface area contributed by atoms with Crippen LogP contribution >= 0.6 is 0 Å². The highest BCUT2D eigenvalue weighted by atomic mass is 16.6. The summed E-state index contributed by atoms with van der Waals surface area (Å²) >= 11 is 0. The van der Waals surface area contributed by atoms with Gasteiger partial charge in [0, 0.05) is 0 Å². The average molecular weight is 460 g/mol. The molecule has 0 radical (unpaired) electrons. The van der Waals surface area contributed by atoms with Gasteiger partial charge in [0.1, 0.15) is 6.61 Å². The molecule has 2 heterocycles. The van der Waals surface area contributed by atoms with E-state index in [0.717, 1.165) is 16.7 Å². The molecule has 0 aromatic heterocycles. The van der Waals surface area contributed by atoms with E-state index < -0.39 is 16.6 Å². The van der Waals surface area contributed by atoms with Gasteiger partial charge in [0.25, 0.3) is 5.69 Å². The lowest BCUT2D eigenvalue weighted by atomic mass is 9.81. The number of fused-ring (bicyclic) bond motifs is 7. The molecule has 5 rings (SSSR count). The van der Waals surface area contributed by atoms with Gasteiger partial charge < -0.3 is 14.2 Å². The van der Waals surface area contributed by atoms with E-state index in [2.05, 4.69) is 18.2 Å². The van der Waals surface area contributed by atoms with Crippen molar-refractivity contribution < 1.29 is 23.9 Å². The molecule has 174 valence electrons. The minimum Gasteiger partial charge on any atom is -0.493 e. The number of amides is 1. The molecule has 0 saturated carbocycles. The van der Waals surface area contributed by atoms with Crippen LogP contribution < -0.4 is 9.47 Å². The topological polar surface area (TPSA) is 91.1 Å². The Hall–Kier alpha value is -4.07. The van der Waals surface area contributed by atoms with E-state index in [1.165, 1.54) is 31.9 Å². The molecule has 0 aliphatic carbocycles. The number of nitrogens with zero attached hydrogens (tertiary/aromatic N) is 2. The number of hydrogen-bond donors (Lipinski definition) is 0. The summed E-state index contributed by atoms with van der Waals surface area (Å²) in [5.41, 5.74) is 3.75. The summed E-state index contributed by atoms with van der Waals surface area (Å²) in [6, 6.07) is 18.8. The first kappa shape index (κ1) is 21.8. The molecule has 2 atom stereocenters. The second kappa shape index (κ2) is 8.06. The van der Waals surface area contributed by atoms with Gasteiger partial charge in [-0.2, -0.15) is 0 Å². The monoisotopic (exact) mass is 460 g/mol. The van der Waals surface area contributed by atoms with Crippen molar-refractivity contribution in [2.75, 3.05) is 14.2 Å². The van der Waals surface area contributed by atoms with E-state index in [1.54, 1.807) is 4.90 Å². The fourth-order valence-electron chi connectivity index (χ4n) is 5.38. The summed E-state index contributed by atoms with van der Waals surface area (Å²) in [6.07, 6.45) is 0.149. The molecular weight excluding hydrogens is 436 g/mol. The second-order valence-corrected chi connectivity index (χ2v) is 8.55. The molecule has 2 aliphatic rings. The molecule has 0 spiro atoms. The van der Waals surface area contributed by atoms with Crippen LogP contribution in [0.25, 0.3) is 0 Å². The van der Waals surface area contributed by atoms with Crippen LogP contribution in [0.5, 0.6) is 11.5 Å². The van der Waals surface area contributed by atoms with E-state index in [1.807, 2.05) is 37.3 Å². The first-order valence-electron chi connectivity index (χ1n) is 10.9. The van der Waals surface area contributed by atoms with E-state index in [4.69, 9.17) is 14.2 Å². The van der Waals surface area contributed by atoms with Gasteiger partial charge in [-0.25, -0.2) is 4.79 Å². The molecule has 0 fully saturated rings. The highest BCUT2D eigenvalue weighted by Gasteiger charge is 2.54. The molecule has 3 aromatic carbocycles. The Morgan fingerprint density at radius 2 is 1.71 bits per heavy atom. The first-order chi connectivity index (χ1) is 16.4. The van der Waals surface area contributed by atoms with E-state index in [9.17, 15) is 14.9 Å². The van der Waals surface area contributed by atoms with Crippen LogP contribution in [0, 0.1) is 10.1 Å². The Balaban J connectivity index is 1.50. The molecule has 34 heavy (non-hydrogen) atoms. The number of hydrogen-bond acceptors (Lipinski definition) is 6. The van der Waals surface area contributed by atoms with Crippen molar-refractivity contribution in [2.24, 2.45) is 0 Å². The highest BCUT2D eigenvalue weighted by Crippen LogP contribution is 2.55. The van der Waals surface area contributed by atoms with Crippen LogP contribution in [-0.4, -0.2) is 30.1 Å². The minimum atomic E-state index is -0.698. The molecular formula is C26H24N2O6. The van der Waals surface area contributed by atoms with Crippen molar-refractivity contribution in [3.8, 4) is 11.5 Å². The summed E-state index contributed by atoms with van der Waals surface area (Å²) in [6.45, 7) is 1.76. The number of ether oxygens (including phenoxy) is 3. The quantitative estimate of drug-likeness (QED) is 0.387. The lowest BCUT2D eigenvalue weighted by molar-refractivity contribution is -0.385. The zero-order valence-corrected chi connectivity index (χ0v) is 19.1. The van der Waals surface area contributed by atoms with Gasteiger partial charge in [-0.15, -0.1) is 0 Å². The van der Waals surface area contributed by atoms with Crippen LogP contribution in [0.1, 0.15) is 40.8 Å². The number of nitro benzene ring substituents is 1. The Morgan fingerprint density at radius 1 is 1.06 bits per heavy atom. The Kier molecular flexibility index (Phi) is 5.16. The third-order valence-corrected chi connectivity index (χ3v) is 6.92. The van der Waals surface area contributed by atoms with Crippen LogP contribution in [0.4, 0.5) is 10.5 Å². The van der Waals surface area contributed by atoms with E-state index in [0.29, 0.717) is 12.2 Å². The summed E-state index contributed by atoms with van der Waals surface area (Å²) in [7, 11) is 2.85. The summed E-state index contributed by atoms with van der Waals surface area (Å²) in [5.74, 6) is 0.559. The molecule has 0 saturated heterocycles. The largest absolute Gasteiger partial charge is 0.493 e. The van der Waals surface area contributed by atoms with Gasteiger partial charge in [0.05, 0.1) is 42.4 Å². The van der Waals surface area contributed by atoms with Crippen molar-refractivity contribution >= 4 is 11.8 Å². The summed E-state index contributed by atoms with van der Waals surface area (Å²) < 4.78 is 16.2. The summed E-state index contributed by atoms with van der Waals surface area (Å²) in [4.78, 5) is 26.4. The lowest BCUT2D eigenvalue weighted by Gasteiger charge is -2.43. The Morgan fingerprint density at radius 3 is 2.41 bits per heavy atom. The Bertz CT molecular complexity index is 1290. The van der Waals surface area contributed by atoms with Crippen molar-refractivity contribution in [1.82, 2.24) is 4.90 Å². The number of methoxy groups -OCH3 is 2. The number of carbonyl (C=O) groups is 1. The second-order valence-electron chi connectivity index (χ2n) is 8.55. The SMILES string of the molecule is COc1cc(COC(=O)N2C3Cc4ccccc4C2(C)c2ccccc23)c([N+](=O)[O-])cc1OC. The fraction of sp³-hybridized carbons (Fsp3) is 0.269. The maximum absolute atomic E-state index is 13.6. The normalized spacial score (nSPS) is 19.7. The van der Waals surface area contributed by atoms with Gasteiger partial charge >= 0.3 is 6.09 Å². The van der Waals surface area contributed by atoms with Gasteiger partial charge in [0.15, 0.2) is 11.5 Å². The molecule has 8 nitrogen and oxygen atoms in total. The maximum atomic E-state index is 13.6. The van der Waals surface area contributed by atoms with Crippen LogP contribution in [-0.2, 0) is 23.3 Å². The smallest absolute Gasteiger partial charge is 0.411 e. The average Bonchev–Trinajstić information content (AvgIpc) is 3.04. The number of carbonyl (C=O) groups excluding carboxylic acids is 1. The van der Waals surface area contributed by atoms with Crippen molar-refractivity contribution in [1.29, 1.82) is 0 Å². The highest BCUT2D eigenvalue weighted by molar-refractivity contribution is 5.75. The fourth-order valence-corrected chi connectivity index (χ4v) is 5.38. The van der Waals surface area contributed by atoms with Crippen molar-refractivity contribution in [3.05, 3.63) is 98.6 Å². The van der Waals surface area contributed by atoms with Crippen molar-refractivity contribution in [3.63, 3.8) is 0 Å². The minimum absolute atomic E-state index is 0.177. The summed E-state index contributed by atoms with van der Waals surface area (Å²) in [5, 5.41) is 11.6. The zero-order chi connectivity index (χ0) is 24.0. The number of nitro groups is 1. The zero-order valence-electron chi connectivity index (χ0n) is 19.1. The van der Waals surface area contributed by atoms with Crippen LogP contribution in [0.2, 0.25) is 0 Å². The number of benzene rings is 3. The van der Waals surface area contributed by atoms with Crippen molar-refractivity contribution in [2.45, 2.75) is 31.5 Å². The van der Waals surface area contributed by atoms with Gasteiger partial charge in [0.2, 0.25) is 0 Å². The lowest BCUT2D eigenvalue weighted by Crippen LogP contribution is -2.49.